The molecular weight excluding hydrogens is 524 g/mol. The van der Waals surface area contributed by atoms with Gasteiger partial charge in [0.1, 0.15) is 24.6 Å². The topological polar surface area (TPSA) is 136 Å². The van der Waals surface area contributed by atoms with Crippen LogP contribution in [0.5, 0.6) is 11.8 Å². The Morgan fingerprint density at radius 1 is 1.10 bits per heavy atom. The van der Waals surface area contributed by atoms with Crippen LogP contribution in [0.15, 0.2) is 54.7 Å². The fourth-order valence-corrected chi connectivity index (χ4v) is 5.10. The van der Waals surface area contributed by atoms with Crippen LogP contribution in [-0.4, -0.2) is 67.4 Å². The standard InChI is InChI=1S/C30H30N6O5/c31-15-20-4-7-28(32-16-20)40-19-22-2-1-3-29(33-22)41-23-8-11-35(12-9-23)18-27-34-25-6-5-21(30(37)38)14-26(25)36(27)17-24-10-13-39-24/h1-7,14,16,23-24H,8-13,17-19H2,(H,37,38)/t24-/m0/s1. The second kappa shape index (κ2) is 11.9. The lowest BCUT2D eigenvalue weighted by molar-refractivity contribution is -0.0592. The highest BCUT2D eigenvalue weighted by molar-refractivity contribution is 5.92. The van der Waals surface area contributed by atoms with Gasteiger partial charge in [-0.25, -0.2) is 19.7 Å². The van der Waals surface area contributed by atoms with E-state index in [-0.39, 0.29) is 24.4 Å². The predicted molar refractivity (Wildman–Crippen MR) is 147 cm³/mol. The van der Waals surface area contributed by atoms with Gasteiger partial charge in [-0.3, -0.25) is 4.90 Å². The van der Waals surface area contributed by atoms with Gasteiger partial charge in [0.2, 0.25) is 11.8 Å². The highest BCUT2D eigenvalue weighted by Crippen LogP contribution is 2.25. The van der Waals surface area contributed by atoms with E-state index in [1.54, 1.807) is 30.3 Å². The Balaban J connectivity index is 1.05. The van der Waals surface area contributed by atoms with E-state index in [9.17, 15) is 9.90 Å². The smallest absolute Gasteiger partial charge is 0.335 e. The van der Waals surface area contributed by atoms with Crippen molar-refractivity contribution in [2.45, 2.75) is 51.2 Å². The number of piperidine rings is 1. The Kier molecular flexibility index (Phi) is 7.75. The quantitative estimate of drug-likeness (QED) is 0.308. The third kappa shape index (κ3) is 6.29. The molecule has 6 rings (SSSR count). The molecule has 4 aromatic rings. The van der Waals surface area contributed by atoms with Crippen molar-refractivity contribution < 1.29 is 24.1 Å². The number of nitriles is 1. The number of ether oxygens (including phenoxy) is 3. The molecule has 2 fully saturated rings. The van der Waals surface area contributed by atoms with Crippen LogP contribution >= 0.6 is 0 Å². The summed E-state index contributed by atoms with van der Waals surface area (Å²) in [4.78, 5) is 27.5. The average molecular weight is 555 g/mol. The number of pyridine rings is 2. The largest absolute Gasteiger partial charge is 0.478 e. The first-order valence-electron chi connectivity index (χ1n) is 13.7. The normalized spacial score (nSPS) is 17.6. The predicted octanol–water partition coefficient (Wildman–Crippen LogP) is 3.81. The number of hydrogen-bond donors (Lipinski definition) is 1. The van der Waals surface area contributed by atoms with Crippen LogP contribution in [0.2, 0.25) is 0 Å². The molecule has 0 amide bonds. The van der Waals surface area contributed by atoms with Crippen molar-refractivity contribution in [3.8, 4) is 17.8 Å². The zero-order valence-electron chi connectivity index (χ0n) is 22.5. The number of likely N-dealkylation sites (tertiary alicyclic amines) is 1. The molecule has 11 nitrogen and oxygen atoms in total. The first-order chi connectivity index (χ1) is 20.0. The van der Waals surface area contributed by atoms with Crippen molar-refractivity contribution in [2.75, 3.05) is 19.7 Å². The van der Waals surface area contributed by atoms with Crippen molar-refractivity contribution in [2.24, 2.45) is 0 Å². The average Bonchev–Trinajstić information content (AvgIpc) is 3.31. The maximum atomic E-state index is 11.6. The van der Waals surface area contributed by atoms with Crippen LogP contribution in [0.25, 0.3) is 11.0 Å². The van der Waals surface area contributed by atoms with Crippen LogP contribution in [0.1, 0.15) is 46.7 Å². The van der Waals surface area contributed by atoms with Crippen molar-refractivity contribution in [1.82, 2.24) is 24.4 Å². The van der Waals surface area contributed by atoms with Crippen LogP contribution < -0.4 is 9.47 Å². The van der Waals surface area contributed by atoms with Crippen LogP contribution in [-0.2, 0) is 24.4 Å². The lowest BCUT2D eigenvalue weighted by atomic mass is 10.1. The minimum Gasteiger partial charge on any atom is -0.478 e. The highest BCUT2D eigenvalue weighted by Gasteiger charge is 2.26. The molecule has 41 heavy (non-hydrogen) atoms. The first kappa shape index (κ1) is 26.7. The molecule has 11 heteroatoms. The van der Waals surface area contributed by atoms with E-state index >= 15 is 0 Å². The minimum atomic E-state index is -0.945. The van der Waals surface area contributed by atoms with Gasteiger partial charge in [-0.2, -0.15) is 5.26 Å². The summed E-state index contributed by atoms with van der Waals surface area (Å²) in [5.74, 6) is 0.969. The molecule has 1 aromatic carbocycles. The van der Waals surface area contributed by atoms with Crippen molar-refractivity contribution in [3.05, 3.63) is 77.4 Å². The second-order valence-electron chi connectivity index (χ2n) is 10.3. The van der Waals surface area contributed by atoms with Gasteiger partial charge < -0.3 is 23.9 Å². The fourth-order valence-electron chi connectivity index (χ4n) is 5.10. The van der Waals surface area contributed by atoms with Gasteiger partial charge in [0.05, 0.1) is 47.0 Å². The molecule has 0 spiro atoms. The van der Waals surface area contributed by atoms with Crippen LogP contribution in [0.4, 0.5) is 0 Å². The molecular formula is C30H30N6O5. The molecule has 2 saturated heterocycles. The molecule has 2 aliphatic rings. The molecule has 1 atom stereocenters. The lowest BCUT2D eigenvalue weighted by Crippen LogP contribution is -2.39. The number of imidazole rings is 1. The van der Waals surface area contributed by atoms with E-state index in [0.29, 0.717) is 30.4 Å². The Morgan fingerprint density at radius 2 is 1.95 bits per heavy atom. The Hall–Kier alpha value is -4.53. The highest BCUT2D eigenvalue weighted by atomic mass is 16.5. The van der Waals surface area contributed by atoms with E-state index in [1.807, 2.05) is 24.3 Å². The molecule has 0 bridgehead atoms. The summed E-state index contributed by atoms with van der Waals surface area (Å²) in [6, 6.07) is 16.1. The number of nitrogens with zero attached hydrogens (tertiary/aromatic N) is 6. The number of rotatable bonds is 10. The lowest BCUT2D eigenvalue weighted by Gasteiger charge is -2.32. The Bertz CT molecular complexity index is 1570. The second-order valence-corrected chi connectivity index (χ2v) is 10.3. The summed E-state index contributed by atoms with van der Waals surface area (Å²) in [6.45, 7) is 4.05. The van der Waals surface area contributed by atoms with Crippen molar-refractivity contribution in [3.63, 3.8) is 0 Å². The SMILES string of the molecule is N#Cc1ccc(OCc2cccc(OC3CCN(Cc4nc5ccc(C(=O)O)cc5n4C[C@@H]4CCO4)CC3)n2)nc1. The summed E-state index contributed by atoms with van der Waals surface area (Å²) < 4.78 is 19.7. The van der Waals surface area contributed by atoms with Gasteiger partial charge in [0, 0.05) is 38.0 Å². The van der Waals surface area contributed by atoms with Gasteiger partial charge >= 0.3 is 5.97 Å². The number of carboxylic acid groups (broad SMARTS) is 1. The number of benzene rings is 1. The summed E-state index contributed by atoms with van der Waals surface area (Å²) in [5, 5.41) is 18.4. The third-order valence-corrected chi connectivity index (χ3v) is 7.46. The van der Waals surface area contributed by atoms with Crippen LogP contribution in [0, 0.1) is 11.3 Å². The summed E-state index contributed by atoms with van der Waals surface area (Å²) in [5.41, 5.74) is 3.10. The van der Waals surface area contributed by atoms with Gasteiger partial charge in [-0.1, -0.05) is 6.07 Å². The first-order valence-corrected chi connectivity index (χ1v) is 13.7. The number of aromatic nitrogens is 4. The van der Waals surface area contributed by atoms with Gasteiger partial charge in [0.25, 0.3) is 0 Å². The number of aromatic carboxylic acids is 1. The Labute approximate surface area is 236 Å². The molecule has 210 valence electrons. The number of carboxylic acids is 1. The number of carbonyl (C=O) groups is 1. The molecule has 5 heterocycles. The summed E-state index contributed by atoms with van der Waals surface area (Å²) in [7, 11) is 0. The maximum absolute atomic E-state index is 11.6. The molecule has 3 aromatic heterocycles. The third-order valence-electron chi connectivity index (χ3n) is 7.46. The molecule has 2 aliphatic heterocycles. The van der Waals surface area contributed by atoms with E-state index < -0.39 is 5.97 Å². The monoisotopic (exact) mass is 554 g/mol. The molecule has 0 aliphatic carbocycles. The fraction of sp³-hybridized carbons (Fsp3) is 0.367. The maximum Gasteiger partial charge on any atom is 0.335 e. The number of fused-ring (bicyclic) bond motifs is 1. The zero-order valence-corrected chi connectivity index (χ0v) is 22.5. The van der Waals surface area contributed by atoms with E-state index in [0.717, 1.165) is 61.5 Å². The van der Waals surface area contributed by atoms with Crippen LogP contribution in [0.3, 0.4) is 0 Å². The molecule has 0 radical (unpaired) electrons. The minimum absolute atomic E-state index is 0.0513. The van der Waals surface area contributed by atoms with E-state index in [1.165, 1.54) is 6.20 Å². The van der Waals surface area contributed by atoms with Crippen molar-refractivity contribution in [1.29, 1.82) is 5.26 Å². The van der Waals surface area contributed by atoms with Gasteiger partial charge in [-0.05, 0) is 49.6 Å². The summed E-state index contributed by atoms with van der Waals surface area (Å²) in [6.07, 6.45) is 4.36. The Morgan fingerprint density at radius 3 is 2.66 bits per heavy atom. The zero-order chi connectivity index (χ0) is 28.2. The van der Waals surface area contributed by atoms with E-state index in [4.69, 9.17) is 24.5 Å². The molecule has 0 unspecified atom stereocenters. The molecule has 0 saturated carbocycles. The van der Waals surface area contributed by atoms with Gasteiger partial charge in [0.15, 0.2) is 0 Å². The summed E-state index contributed by atoms with van der Waals surface area (Å²) >= 11 is 0. The molecule has 1 N–H and O–H groups in total. The number of hydrogen-bond acceptors (Lipinski definition) is 9. The van der Waals surface area contributed by atoms with E-state index in [2.05, 4.69) is 19.4 Å². The van der Waals surface area contributed by atoms with Crippen molar-refractivity contribution >= 4 is 17.0 Å². The van der Waals surface area contributed by atoms with Gasteiger partial charge in [-0.15, -0.1) is 0 Å².